The van der Waals surface area contributed by atoms with E-state index in [0.717, 1.165) is 51.5 Å². The molecule has 1 heterocycles. The Hall–Kier alpha value is -0.810. The van der Waals surface area contributed by atoms with E-state index in [9.17, 15) is 0 Å². The Labute approximate surface area is 117 Å². The molecular weight excluding hydrogens is 240 g/mol. The SMILES string of the molecule is CCCNC(=NC)NCCCN1CC(C)OC(C)C1. The molecule has 1 rings (SSSR count). The van der Waals surface area contributed by atoms with Gasteiger partial charge in [0, 0.05) is 39.8 Å². The summed E-state index contributed by atoms with van der Waals surface area (Å²) < 4.78 is 5.74. The fourth-order valence-electron chi connectivity index (χ4n) is 2.44. The molecule has 1 saturated heterocycles. The number of morpholine rings is 1. The molecule has 5 heteroatoms. The third kappa shape index (κ3) is 6.78. The zero-order chi connectivity index (χ0) is 14.1. The van der Waals surface area contributed by atoms with Gasteiger partial charge in [-0.25, -0.2) is 0 Å². The molecule has 0 amide bonds. The van der Waals surface area contributed by atoms with E-state index >= 15 is 0 Å². The van der Waals surface area contributed by atoms with Gasteiger partial charge in [-0.3, -0.25) is 9.89 Å². The first-order valence-corrected chi connectivity index (χ1v) is 7.48. The normalized spacial score (nSPS) is 25.4. The average molecular weight is 270 g/mol. The summed E-state index contributed by atoms with van der Waals surface area (Å²) >= 11 is 0. The first kappa shape index (κ1) is 16.2. The molecule has 0 radical (unpaired) electrons. The molecule has 5 nitrogen and oxygen atoms in total. The van der Waals surface area contributed by atoms with Gasteiger partial charge in [0.15, 0.2) is 5.96 Å². The molecule has 0 spiro atoms. The van der Waals surface area contributed by atoms with Crippen LogP contribution in [0.5, 0.6) is 0 Å². The van der Waals surface area contributed by atoms with Crippen molar-refractivity contribution < 1.29 is 4.74 Å². The zero-order valence-corrected chi connectivity index (χ0v) is 12.9. The molecule has 0 aliphatic carbocycles. The summed E-state index contributed by atoms with van der Waals surface area (Å²) in [6, 6.07) is 0. The lowest BCUT2D eigenvalue weighted by atomic mass is 10.2. The van der Waals surface area contributed by atoms with E-state index in [1.54, 1.807) is 0 Å². The molecule has 2 atom stereocenters. The van der Waals surface area contributed by atoms with Crippen molar-refractivity contribution in [1.82, 2.24) is 15.5 Å². The molecule has 19 heavy (non-hydrogen) atoms. The number of nitrogens with zero attached hydrogens (tertiary/aromatic N) is 2. The van der Waals surface area contributed by atoms with E-state index < -0.39 is 0 Å². The molecule has 1 aliphatic heterocycles. The van der Waals surface area contributed by atoms with Crippen LogP contribution in [0.3, 0.4) is 0 Å². The second kappa shape index (κ2) is 9.15. The van der Waals surface area contributed by atoms with Gasteiger partial charge < -0.3 is 15.4 Å². The van der Waals surface area contributed by atoms with Gasteiger partial charge in [0.2, 0.25) is 0 Å². The summed E-state index contributed by atoms with van der Waals surface area (Å²) in [6.07, 6.45) is 2.96. The van der Waals surface area contributed by atoms with Gasteiger partial charge in [0.25, 0.3) is 0 Å². The van der Waals surface area contributed by atoms with Crippen LogP contribution in [0.15, 0.2) is 4.99 Å². The molecule has 0 aromatic heterocycles. The minimum atomic E-state index is 0.357. The number of aliphatic imine (C=N–C) groups is 1. The second-order valence-corrected chi connectivity index (χ2v) is 5.30. The monoisotopic (exact) mass is 270 g/mol. The van der Waals surface area contributed by atoms with E-state index in [1.165, 1.54) is 0 Å². The van der Waals surface area contributed by atoms with E-state index in [-0.39, 0.29) is 0 Å². The quantitative estimate of drug-likeness (QED) is 0.430. The van der Waals surface area contributed by atoms with Crippen molar-refractivity contribution in [2.75, 3.05) is 39.8 Å². The Kier molecular flexibility index (Phi) is 7.82. The van der Waals surface area contributed by atoms with Crippen molar-refractivity contribution in [3.63, 3.8) is 0 Å². The molecular formula is C14H30N4O. The largest absolute Gasteiger partial charge is 0.373 e. The summed E-state index contributed by atoms with van der Waals surface area (Å²) in [5, 5.41) is 6.62. The highest BCUT2D eigenvalue weighted by molar-refractivity contribution is 5.79. The lowest BCUT2D eigenvalue weighted by molar-refractivity contribution is -0.0679. The van der Waals surface area contributed by atoms with Gasteiger partial charge >= 0.3 is 0 Å². The Morgan fingerprint density at radius 2 is 1.84 bits per heavy atom. The van der Waals surface area contributed by atoms with Gasteiger partial charge in [-0.15, -0.1) is 0 Å². The van der Waals surface area contributed by atoms with Crippen LogP contribution in [-0.4, -0.2) is 62.8 Å². The van der Waals surface area contributed by atoms with Crippen LogP contribution in [0.2, 0.25) is 0 Å². The van der Waals surface area contributed by atoms with Crippen LogP contribution in [0.4, 0.5) is 0 Å². The Balaban J connectivity index is 2.12. The number of guanidine groups is 1. The van der Waals surface area contributed by atoms with Gasteiger partial charge in [-0.1, -0.05) is 6.92 Å². The summed E-state index contributed by atoms with van der Waals surface area (Å²) in [6.45, 7) is 11.6. The number of hydrogen-bond acceptors (Lipinski definition) is 3. The third-order valence-corrected chi connectivity index (χ3v) is 3.20. The van der Waals surface area contributed by atoms with Gasteiger partial charge in [-0.05, 0) is 26.7 Å². The topological polar surface area (TPSA) is 48.9 Å². The molecule has 0 aromatic carbocycles. The number of ether oxygens (including phenoxy) is 1. The van der Waals surface area contributed by atoms with Crippen molar-refractivity contribution in [2.24, 2.45) is 4.99 Å². The fraction of sp³-hybridized carbons (Fsp3) is 0.929. The van der Waals surface area contributed by atoms with Gasteiger partial charge in [0.05, 0.1) is 12.2 Å². The zero-order valence-electron chi connectivity index (χ0n) is 12.9. The summed E-state index contributed by atoms with van der Waals surface area (Å²) in [4.78, 5) is 6.68. The molecule has 2 N–H and O–H groups in total. The lowest BCUT2D eigenvalue weighted by Crippen LogP contribution is -2.46. The predicted octanol–water partition coefficient (Wildman–Crippen LogP) is 1.06. The van der Waals surface area contributed by atoms with Crippen LogP contribution in [-0.2, 0) is 4.74 Å². The maximum atomic E-state index is 5.74. The molecule has 1 fully saturated rings. The Bertz CT molecular complexity index is 260. The third-order valence-electron chi connectivity index (χ3n) is 3.20. The van der Waals surface area contributed by atoms with Crippen molar-refractivity contribution in [3.8, 4) is 0 Å². The van der Waals surface area contributed by atoms with E-state index in [2.05, 4.69) is 41.3 Å². The average Bonchev–Trinajstić information content (AvgIpc) is 2.37. The molecule has 112 valence electrons. The van der Waals surface area contributed by atoms with Crippen LogP contribution in [0.1, 0.15) is 33.6 Å². The summed E-state index contributed by atoms with van der Waals surface area (Å²) in [5.41, 5.74) is 0. The minimum Gasteiger partial charge on any atom is -0.373 e. The van der Waals surface area contributed by atoms with Crippen molar-refractivity contribution in [3.05, 3.63) is 0 Å². The second-order valence-electron chi connectivity index (χ2n) is 5.30. The van der Waals surface area contributed by atoms with Crippen LogP contribution in [0.25, 0.3) is 0 Å². The maximum Gasteiger partial charge on any atom is 0.190 e. The predicted molar refractivity (Wildman–Crippen MR) is 80.7 cm³/mol. The first-order valence-electron chi connectivity index (χ1n) is 7.48. The Morgan fingerprint density at radius 1 is 1.21 bits per heavy atom. The first-order chi connectivity index (χ1) is 9.15. The smallest absolute Gasteiger partial charge is 0.190 e. The summed E-state index contributed by atoms with van der Waals surface area (Å²) in [5.74, 6) is 0.908. The summed E-state index contributed by atoms with van der Waals surface area (Å²) in [7, 11) is 1.82. The van der Waals surface area contributed by atoms with Crippen molar-refractivity contribution in [2.45, 2.75) is 45.8 Å². The van der Waals surface area contributed by atoms with E-state index in [4.69, 9.17) is 4.74 Å². The van der Waals surface area contributed by atoms with Gasteiger partial charge in [0.1, 0.15) is 0 Å². The van der Waals surface area contributed by atoms with Crippen molar-refractivity contribution >= 4 is 5.96 Å². The lowest BCUT2D eigenvalue weighted by Gasteiger charge is -2.35. The fourth-order valence-corrected chi connectivity index (χ4v) is 2.44. The highest BCUT2D eigenvalue weighted by Crippen LogP contribution is 2.10. The maximum absolute atomic E-state index is 5.74. The number of nitrogens with one attached hydrogen (secondary N) is 2. The number of rotatable bonds is 6. The number of hydrogen-bond donors (Lipinski definition) is 2. The highest BCUT2D eigenvalue weighted by atomic mass is 16.5. The molecule has 1 aliphatic rings. The molecule has 2 unspecified atom stereocenters. The molecule has 0 saturated carbocycles. The van der Waals surface area contributed by atoms with E-state index in [1.807, 2.05) is 7.05 Å². The van der Waals surface area contributed by atoms with Crippen LogP contribution in [0, 0.1) is 0 Å². The highest BCUT2D eigenvalue weighted by Gasteiger charge is 2.21. The molecule has 0 bridgehead atoms. The standard InChI is InChI=1S/C14H30N4O/c1-5-7-16-14(15-4)17-8-6-9-18-10-12(2)19-13(3)11-18/h12-13H,5-11H2,1-4H3,(H2,15,16,17). The van der Waals surface area contributed by atoms with Gasteiger partial charge in [-0.2, -0.15) is 0 Å². The minimum absolute atomic E-state index is 0.357. The van der Waals surface area contributed by atoms with E-state index in [0.29, 0.717) is 12.2 Å². The van der Waals surface area contributed by atoms with Crippen LogP contribution < -0.4 is 10.6 Å². The van der Waals surface area contributed by atoms with Crippen LogP contribution >= 0.6 is 0 Å². The van der Waals surface area contributed by atoms with Crippen molar-refractivity contribution in [1.29, 1.82) is 0 Å². The molecule has 0 aromatic rings. The Morgan fingerprint density at radius 3 is 2.42 bits per heavy atom.